The first kappa shape index (κ1) is 19.9. The lowest BCUT2D eigenvalue weighted by atomic mass is 10.2. The van der Waals surface area contributed by atoms with Gasteiger partial charge in [-0.05, 0) is 48.4 Å². The fourth-order valence-electron chi connectivity index (χ4n) is 3.47. The summed E-state index contributed by atoms with van der Waals surface area (Å²) < 4.78 is 2.13. The molecule has 0 spiro atoms. The Labute approximate surface area is 180 Å². The third-order valence-electron chi connectivity index (χ3n) is 4.89. The molecule has 1 heterocycles. The van der Waals surface area contributed by atoms with Crippen LogP contribution in [0.2, 0.25) is 5.02 Å². The Morgan fingerprint density at radius 1 is 1.07 bits per heavy atom. The van der Waals surface area contributed by atoms with Crippen LogP contribution in [0.15, 0.2) is 84.9 Å². The molecule has 0 saturated carbocycles. The number of benzene rings is 3. The maximum atomic E-state index is 12.5. The molecular weight excluding hydrogens is 394 g/mol. The van der Waals surface area contributed by atoms with E-state index in [-0.39, 0.29) is 11.9 Å². The SMILES string of the molecule is CC(NC(=O)C=Cc1ccccc1)c1nc2ccccc2n1Cc1cccc(Cl)c1. The summed E-state index contributed by atoms with van der Waals surface area (Å²) in [5.41, 5.74) is 3.98. The number of imidazole rings is 1. The van der Waals surface area contributed by atoms with Gasteiger partial charge in [0.25, 0.3) is 0 Å². The first-order valence-electron chi connectivity index (χ1n) is 9.83. The molecule has 1 aromatic heterocycles. The van der Waals surface area contributed by atoms with E-state index in [4.69, 9.17) is 16.6 Å². The Kier molecular flexibility index (Phi) is 5.96. The number of carbonyl (C=O) groups excluding carboxylic acids is 1. The zero-order valence-electron chi connectivity index (χ0n) is 16.6. The van der Waals surface area contributed by atoms with Crippen molar-refractivity contribution in [3.05, 3.63) is 107 Å². The van der Waals surface area contributed by atoms with E-state index in [0.29, 0.717) is 11.6 Å². The van der Waals surface area contributed by atoms with Crippen LogP contribution in [-0.4, -0.2) is 15.5 Å². The normalized spacial score (nSPS) is 12.3. The molecule has 4 aromatic rings. The highest BCUT2D eigenvalue weighted by Gasteiger charge is 2.18. The Hall–Kier alpha value is -3.37. The molecule has 0 bridgehead atoms. The summed E-state index contributed by atoms with van der Waals surface area (Å²) in [5, 5.41) is 3.73. The van der Waals surface area contributed by atoms with Crippen LogP contribution in [0.1, 0.15) is 29.9 Å². The maximum Gasteiger partial charge on any atom is 0.244 e. The van der Waals surface area contributed by atoms with Gasteiger partial charge >= 0.3 is 0 Å². The van der Waals surface area contributed by atoms with Gasteiger partial charge < -0.3 is 9.88 Å². The molecule has 4 rings (SSSR count). The highest BCUT2D eigenvalue weighted by molar-refractivity contribution is 6.30. The van der Waals surface area contributed by atoms with Crippen molar-refractivity contribution in [2.24, 2.45) is 0 Å². The number of carbonyl (C=O) groups is 1. The van der Waals surface area contributed by atoms with Crippen LogP contribution in [0.4, 0.5) is 0 Å². The minimum atomic E-state index is -0.260. The third kappa shape index (κ3) is 4.61. The van der Waals surface area contributed by atoms with Crippen molar-refractivity contribution in [2.75, 3.05) is 0 Å². The lowest BCUT2D eigenvalue weighted by molar-refractivity contribution is -0.117. The quantitative estimate of drug-likeness (QED) is 0.415. The fraction of sp³-hybridized carbons (Fsp3) is 0.120. The Bertz CT molecular complexity index is 1200. The van der Waals surface area contributed by atoms with Crippen LogP contribution in [0.3, 0.4) is 0 Å². The number of rotatable bonds is 6. The molecule has 0 aliphatic heterocycles. The van der Waals surface area contributed by atoms with E-state index in [0.717, 1.165) is 28.0 Å². The zero-order chi connectivity index (χ0) is 20.9. The van der Waals surface area contributed by atoms with Gasteiger partial charge in [-0.2, -0.15) is 0 Å². The average Bonchev–Trinajstić information content (AvgIpc) is 3.12. The summed E-state index contributed by atoms with van der Waals surface area (Å²) in [7, 11) is 0. The summed E-state index contributed by atoms with van der Waals surface area (Å²) in [5.74, 6) is 0.644. The largest absolute Gasteiger partial charge is 0.343 e. The van der Waals surface area contributed by atoms with Crippen molar-refractivity contribution in [1.29, 1.82) is 0 Å². The Morgan fingerprint density at radius 2 is 1.83 bits per heavy atom. The highest BCUT2D eigenvalue weighted by Crippen LogP contribution is 2.23. The first-order chi connectivity index (χ1) is 14.6. The number of hydrogen-bond acceptors (Lipinski definition) is 2. The van der Waals surface area contributed by atoms with Crippen molar-refractivity contribution in [1.82, 2.24) is 14.9 Å². The van der Waals surface area contributed by atoms with Crippen molar-refractivity contribution in [3.63, 3.8) is 0 Å². The van der Waals surface area contributed by atoms with E-state index < -0.39 is 0 Å². The number of nitrogens with one attached hydrogen (secondary N) is 1. The molecule has 3 aromatic carbocycles. The Balaban J connectivity index is 1.59. The van der Waals surface area contributed by atoms with E-state index in [1.54, 1.807) is 12.2 Å². The van der Waals surface area contributed by atoms with Gasteiger partial charge in [-0.1, -0.05) is 66.2 Å². The molecule has 0 saturated heterocycles. The second kappa shape index (κ2) is 8.97. The molecule has 1 N–H and O–H groups in total. The Morgan fingerprint density at radius 3 is 2.63 bits per heavy atom. The molecule has 0 fully saturated rings. The first-order valence-corrected chi connectivity index (χ1v) is 10.2. The second-order valence-corrected chi connectivity index (χ2v) is 7.59. The van der Waals surface area contributed by atoms with Crippen molar-refractivity contribution in [3.8, 4) is 0 Å². The standard InChI is InChI=1S/C25H22ClN3O/c1-18(27-24(30)15-14-19-8-3-2-4-9-19)25-28-22-12-5-6-13-23(22)29(25)17-20-10-7-11-21(26)16-20/h2-16,18H,17H2,1H3,(H,27,30). The summed E-state index contributed by atoms with van der Waals surface area (Å²) in [6.07, 6.45) is 3.35. The van der Waals surface area contributed by atoms with Crippen LogP contribution >= 0.6 is 11.6 Å². The fourth-order valence-corrected chi connectivity index (χ4v) is 3.68. The molecule has 5 heteroatoms. The van der Waals surface area contributed by atoms with Crippen LogP contribution in [0.5, 0.6) is 0 Å². The number of amides is 1. The molecule has 0 aliphatic rings. The smallest absolute Gasteiger partial charge is 0.244 e. The van der Waals surface area contributed by atoms with Crippen LogP contribution in [0.25, 0.3) is 17.1 Å². The van der Waals surface area contributed by atoms with Gasteiger partial charge in [-0.3, -0.25) is 4.79 Å². The molecular formula is C25H22ClN3O. The molecule has 0 aliphatic carbocycles. The number of hydrogen-bond donors (Lipinski definition) is 1. The number of fused-ring (bicyclic) bond motifs is 1. The molecule has 0 radical (unpaired) electrons. The molecule has 150 valence electrons. The van der Waals surface area contributed by atoms with E-state index >= 15 is 0 Å². The summed E-state index contributed by atoms with van der Waals surface area (Å²) in [6.45, 7) is 2.57. The van der Waals surface area contributed by atoms with E-state index in [1.807, 2.05) is 85.8 Å². The van der Waals surface area contributed by atoms with Gasteiger partial charge in [0.1, 0.15) is 5.82 Å². The van der Waals surface area contributed by atoms with E-state index in [2.05, 4.69) is 9.88 Å². The van der Waals surface area contributed by atoms with E-state index in [1.165, 1.54) is 0 Å². The summed E-state index contributed by atoms with van der Waals surface area (Å²) in [4.78, 5) is 17.3. The predicted octanol–water partition coefficient (Wildman–Crippen LogP) is 5.63. The topological polar surface area (TPSA) is 46.9 Å². The second-order valence-electron chi connectivity index (χ2n) is 7.15. The number of halogens is 1. The molecule has 4 nitrogen and oxygen atoms in total. The van der Waals surface area contributed by atoms with Gasteiger partial charge in [0, 0.05) is 17.6 Å². The molecule has 30 heavy (non-hydrogen) atoms. The van der Waals surface area contributed by atoms with Crippen molar-refractivity contribution < 1.29 is 4.79 Å². The van der Waals surface area contributed by atoms with Crippen molar-refractivity contribution >= 4 is 34.6 Å². The van der Waals surface area contributed by atoms with Gasteiger partial charge in [-0.25, -0.2) is 4.98 Å². The third-order valence-corrected chi connectivity index (χ3v) is 5.12. The van der Waals surface area contributed by atoms with Crippen LogP contribution in [0, 0.1) is 0 Å². The average molecular weight is 416 g/mol. The van der Waals surface area contributed by atoms with Crippen LogP contribution in [-0.2, 0) is 11.3 Å². The van der Waals surface area contributed by atoms with Gasteiger partial charge in [-0.15, -0.1) is 0 Å². The zero-order valence-corrected chi connectivity index (χ0v) is 17.4. The van der Waals surface area contributed by atoms with Crippen LogP contribution < -0.4 is 5.32 Å². The van der Waals surface area contributed by atoms with Crippen molar-refractivity contribution in [2.45, 2.75) is 19.5 Å². The molecule has 1 atom stereocenters. The molecule has 1 amide bonds. The molecule has 1 unspecified atom stereocenters. The van der Waals surface area contributed by atoms with Gasteiger partial charge in [0.15, 0.2) is 0 Å². The minimum absolute atomic E-state index is 0.160. The van der Waals surface area contributed by atoms with Gasteiger partial charge in [0.2, 0.25) is 5.91 Å². The monoisotopic (exact) mass is 415 g/mol. The number of para-hydroxylation sites is 2. The minimum Gasteiger partial charge on any atom is -0.343 e. The number of nitrogens with zero attached hydrogens (tertiary/aromatic N) is 2. The lowest BCUT2D eigenvalue weighted by Crippen LogP contribution is -2.27. The van der Waals surface area contributed by atoms with E-state index in [9.17, 15) is 4.79 Å². The lowest BCUT2D eigenvalue weighted by Gasteiger charge is -2.16. The summed E-state index contributed by atoms with van der Waals surface area (Å²) in [6, 6.07) is 25.3. The number of aromatic nitrogens is 2. The maximum absolute atomic E-state index is 12.5. The predicted molar refractivity (Wildman–Crippen MR) is 122 cm³/mol. The summed E-state index contributed by atoms with van der Waals surface area (Å²) >= 11 is 6.17. The van der Waals surface area contributed by atoms with Gasteiger partial charge in [0.05, 0.1) is 17.1 Å². The highest BCUT2D eigenvalue weighted by atomic mass is 35.5.